The van der Waals surface area contributed by atoms with Gasteiger partial charge in [-0.1, -0.05) is 0 Å². The first-order valence-corrected chi connectivity index (χ1v) is 6.65. The Balaban J connectivity index is 2.09. The summed E-state index contributed by atoms with van der Waals surface area (Å²) in [5.41, 5.74) is 2.31. The van der Waals surface area contributed by atoms with E-state index < -0.39 is 5.97 Å². The van der Waals surface area contributed by atoms with Crippen LogP contribution in [-0.2, 0) is 16.0 Å². The van der Waals surface area contributed by atoms with Crippen LogP contribution in [0, 0.1) is 6.92 Å². The summed E-state index contributed by atoms with van der Waals surface area (Å²) in [5, 5.41) is 2.73. The first-order chi connectivity index (χ1) is 10.1. The number of hydrogen-bond acceptors (Lipinski definition) is 4. The SMILES string of the molecule is CCOC(=O)c1c(NC(=O)Cc2ccncc2)c[nH]c1C. The third-order valence-corrected chi connectivity index (χ3v) is 2.95. The summed E-state index contributed by atoms with van der Waals surface area (Å²) in [6.45, 7) is 3.78. The van der Waals surface area contributed by atoms with Crippen LogP contribution in [0.1, 0.15) is 28.5 Å². The number of carbonyl (C=O) groups excluding carboxylic acids is 2. The second-order valence-electron chi connectivity index (χ2n) is 4.50. The zero-order valence-corrected chi connectivity index (χ0v) is 12.0. The average Bonchev–Trinajstić information content (AvgIpc) is 2.81. The van der Waals surface area contributed by atoms with Crippen LogP contribution < -0.4 is 5.32 Å². The summed E-state index contributed by atoms with van der Waals surface area (Å²) in [4.78, 5) is 30.7. The highest BCUT2D eigenvalue weighted by Gasteiger charge is 2.19. The first-order valence-electron chi connectivity index (χ1n) is 6.65. The molecule has 0 bridgehead atoms. The number of anilines is 1. The Morgan fingerprint density at radius 1 is 1.33 bits per heavy atom. The second kappa shape index (κ2) is 6.69. The molecule has 21 heavy (non-hydrogen) atoms. The molecule has 110 valence electrons. The fraction of sp³-hybridized carbons (Fsp3) is 0.267. The monoisotopic (exact) mass is 287 g/mol. The molecule has 0 aliphatic carbocycles. The van der Waals surface area contributed by atoms with Crippen molar-refractivity contribution >= 4 is 17.6 Å². The number of aryl methyl sites for hydroxylation is 1. The predicted molar refractivity (Wildman–Crippen MR) is 78.1 cm³/mol. The maximum absolute atomic E-state index is 12.0. The Morgan fingerprint density at radius 2 is 2.05 bits per heavy atom. The molecule has 1 amide bonds. The van der Waals surface area contributed by atoms with Crippen LogP contribution in [0.2, 0.25) is 0 Å². The molecule has 6 nitrogen and oxygen atoms in total. The highest BCUT2D eigenvalue weighted by atomic mass is 16.5. The van der Waals surface area contributed by atoms with Crippen LogP contribution in [0.25, 0.3) is 0 Å². The molecule has 2 heterocycles. The minimum absolute atomic E-state index is 0.203. The Bertz CT molecular complexity index is 635. The lowest BCUT2D eigenvalue weighted by molar-refractivity contribution is -0.115. The smallest absolute Gasteiger partial charge is 0.342 e. The lowest BCUT2D eigenvalue weighted by Crippen LogP contribution is -2.17. The maximum atomic E-state index is 12.0. The van der Waals surface area contributed by atoms with Crippen LogP contribution in [0.5, 0.6) is 0 Å². The lowest BCUT2D eigenvalue weighted by Gasteiger charge is -2.07. The van der Waals surface area contributed by atoms with E-state index in [9.17, 15) is 9.59 Å². The number of hydrogen-bond donors (Lipinski definition) is 2. The highest BCUT2D eigenvalue weighted by Crippen LogP contribution is 2.20. The van der Waals surface area contributed by atoms with E-state index >= 15 is 0 Å². The number of ether oxygens (including phenoxy) is 1. The average molecular weight is 287 g/mol. The fourth-order valence-corrected chi connectivity index (χ4v) is 1.97. The van der Waals surface area contributed by atoms with Crippen LogP contribution in [0.4, 0.5) is 5.69 Å². The van der Waals surface area contributed by atoms with E-state index in [0.29, 0.717) is 16.9 Å². The van der Waals surface area contributed by atoms with Gasteiger partial charge in [0.1, 0.15) is 5.56 Å². The normalized spacial score (nSPS) is 10.2. The van der Waals surface area contributed by atoms with Gasteiger partial charge in [-0.05, 0) is 31.5 Å². The topological polar surface area (TPSA) is 84.1 Å². The molecule has 0 spiro atoms. The van der Waals surface area contributed by atoms with Gasteiger partial charge in [0.25, 0.3) is 0 Å². The zero-order chi connectivity index (χ0) is 15.2. The Morgan fingerprint density at radius 3 is 2.71 bits per heavy atom. The molecular weight excluding hydrogens is 270 g/mol. The van der Waals surface area contributed by atoms with E-state index in [1.54, 1.807) is 44.6 Å². The maximum Gasteiger partial charge on any atom is 0.342 e. The molecule has 0 saturated carbocycles. The molecular formula is C15H17N3O3. The van der Waals surface area contributed by atoms with Gasteiger partial charge in [-0.2, -0.15) is 0 Å². The molecule has 0 atom stereocenters. The van der Waals surface area contributed by atoms with Gasteiger partial charge >= 0.3 is 5.97 Å². The molecule has 2 aromatic heterocycles. The highest BCUT2D eigenvalue weighted by molar-refractivity contribution is 6.02. The summed E-state index contributed by atoms with van der Waals surface area (Å²) >= 11 is 0. The third kappa shape index (κ3) is 3.68. The van der Waals surface area contributed by atoms with E-state index in [2.05, 4.69) is 15.3 Å². The number of aromatic amines is 1. The van der Waals surface area contributed by atoms with E-state index in [1.807, 2.05) is 0 Å². The van der Waals surface area contributed by atoms with Gasteiger partial charge in [-0.25, -0.2) is 4.79 Å². The van der Waals surface area contributed by atoms with Crippen molar-refractivity contribution in [3.05, 3.63) is 47.5 Å². The molecule has 2 rings (SSSR count). The quantitative estimate of drug-likeness (QED) is 0.825. The standard InChI is InChI=1S/C15H17N3O3/c1-3-21-15(20)14-10(2)17-9-12(14)18-13(19)8-11-4-6-16-7-5-11/h4-7,9,17H,3,8H2,1-2H3,(H,18,19). The molecule has 6 heteroatoms. The molecule has 0 unspecified atom stereocenters. The molecule has 2 aromatic rings. The summed E-state index contributed by atoms with van der Waals surface area (Å²) < 4.78 is 4.99. The second-order valence-corrected chi connectivity index (χ2v) is 4.50. The van der Waals surface area contributed by atoms with Gasteiger partial charge in [-0.3, -0.25) is 9.78 Å². The predicted octanol–water partition coefficient (Wildman–Crippen LogP) is 2.08. The Labute approximate surface area is 122 Å². The number of nitrogens with one attached hydrogen (secondary N) is 2. The van der Waals surface area contributed by atoms with Crippen molar-refractivity contribution in [2.45, 2.75) is 20.3 Å². The zero-order valence-electron chi connectivity index (χ0n) is 12.0. The number of esters is 1. The van der Waals surface area contributed by atoms with Crippen LogP contribution >= 0.6 is 0 Å². The Kier molecular flexibility index (Phi) is 4.71. The number of pyridine rings is 1. The number of amides is 1. The molecule has 0 aliphatic heterocycles. The minimum Gasteiger partial charge on any atom is -0.462 e. The van der Waals surface area contributed by atoms with E-state index in [4.69, 9.17) is 4.74 Å². The van der Waals surface area contributed by atoms with Crippen LogP contribution in [0.15, 0.2) is 30.7 Å². The van der Waals surface area contributed by atoms with Crippen molar-refractivity contribution in [1.29, 1.82) is 0 Å². The summed E-state index contributed by atoms with van der Waals surface area (Å²) in [6, 6.07) is 3.54. The van der Waals surface area contributed by atoms with Crippen molar-refractivity contribution < 1.29 is 14.3 Å². The van der Waals surface area contributed by atoms with Crippen molar-refractivity contribution in [3.63, 3.8) is 0 Å². The number of nitrogens with zero attached hydrogens (tertiary/aromatic N) is 1. The third-order valence-electron chi connectivity index (χ3n) is 2.95. The number of H-pyrrole nitrogens is 1. The Hall–Kier alpha value is -2.63. The van der Waals surface area contributed by atoms with Crippen LogP contribution in [0.3, 0.4) is 0 Å². The lowest BCUT2D eigenvalue weighted by atomic mass is 10.2. The van der Waals surface area contributed by atoms with Crippen molar-refractivity contribution in [3.8, 4) is 0 Å². The fourth-order valence-electron chi connectivity index (χ4n) is 1.97. The number of rotatable bonds is 5. The summed E-state index contributed by atoms with van der Waals surface area (Å²) in [7, 11) is 0. The summed E-state index contributed by atoms with van der Waals surface area (Å²) in [6.07, 6.45) is 5.07. The van der Waals surface area contributed by atoms with Gasteiger partial charge in [0.15, 0.2) is 0 Å². The largest absolute Gasteiger partial charge is 0.462 e. The molecule has 0 saturated heterocycles. The van der Waals surface area contributed by atoms with E-state index in [1.165, 1.54) is 0 Å². The van der Waals surface area contributed by atoms with Gasteiger partial charge in [0.2, 0.25) is 5.91 Å². The molecule has 2 N–H and O–H groups in total. The minimum atomic E-state index is -0.449. The molecule has 0 aromatic carbocycles. The number of carbonyl (C=O) groups is 2. The van der Waals surface area contributed by atoms with Crippen molar-refractivity contribution in [2.24, 2.45) is 0 Å². The first kappa shape index (κ1) is 14.8. The van der Waals surface area contributed by atoms with Crippen LogP contribution in [-0.4, -0.2) is 28.5 Å². The van der Waals surface area contributed by atoms with Gasteiger partial charge in [-0.15, -0.1) is 0 Å². The van der Waals surface area contributed by atoms with Gasteiger partial charge in [0.05, 0.1) is 18.7 Å². The molecule has 0 radical (unpaired) electrons. The van der Waals surface area contributed by atoms with Gasteiger partial charge in [0, 0.05) is 24.3 Å². The molecule has 0 fully saturated rings. The number of aromatic nitrogens is 2. The molecule has 0 aliphatic rings. The van der Waals surface area contributed by atoms with Gasteiger partial charge < -0.3 is 15.0 Å². The summed E-state index contributed by atoms with van der Waals surface area (Å²) in [5.74, 6) is -0.652. The van der Waals surface area contributed by atoms with Crippen molar-refractivity contribution in [2.75, 3.05) is 11.9 Å². The van der Waals surface area contributed by atoms with E-state index in [0.717, 1.165) is 5.56 Å². The van der Waals surface area contributed by atoms with E-state index in [-0.39, 0.29) is 18.9 Å². The van der Waals surface area contributed by atoms with Crippen molar-refractivity contribution in [1.82, 2.24) is 9.97 Å².